The first-order valence-electron chi connectivity index (χ1n) is 11.1. The quantitative estimate of drug-likeness (QED) is 0.205. The van der Waals surface area contributed by atoms with Crippen molar-refractivity contribution in [3.8, 4) is 33.4 Å². The van der Waals surface area contributed by atoms with E-state index in [2.05, 4.69) is 71.6 Å². The topological polar surface area (TPSA) is 46.4 Å². The molecule has 4 nitrogen and oxygen atoms in total. The van der Waals surface area contributed by atoms with Gasteiger partial charge in [0.15, 0.2) is 0 Å². The third-order valence-corrected chi connectivity index (χ3v) is 6.32. The minimum Gasteiger partial charge on any atom is -0.309 e. The molecule has 0 saturated carbocycles. The minimum atomic E-state index is -0.319. The lowest BCUT2D eigenvalue weighted by molar-refractivity contribution is -0.384. The number of benzene rings is 5. The normalized spacial score (nSPS) is 11.7. The average Bonchev–Trinajstić information content (AvgIpc) is 3.01. The van der Waals surface area contributed by atoms with Crippen molar-refractivity contribution in [1.82, 2.24) is 0 Å². The van der Waals surface area contributed by atoms with E-state index in [-0.39, 0.29) is 10.6 Å². The van der Waals surface area contributed by atoms with Crippen LogP contribution in [0.1, 0.15) is 0 Å². The van der Waals surface area contributed by atoms with Crippen LogP contribution in [0.15, 0.2) is 121 Å². The van der Waals surface area contributed by atoms with Gasteiger partial charge in [0.05, 0.1) is 21.9 Å². The van der Waals surface area contributed by atoms with E-state index in [1.165, 1.54) is 0 Å². The number of hydrogen-bond acceptors (Lipinski definition) is 3. The molecule has 4 heteroatoms. The fraction of sp³-hybridized carbons (Fsp3) is 0. The molecule has 5 aromatic rings. The van der Waals surface area contributed by atoms with E-state index < -0.39 is 0 Å². The fourth-order valence-electron chi connectivity index (χ4n) is 4.82. The van der Waals surface area contributed by atoms with Crippen LogP contribution < -0.4 is 4.90 Å². The van der Waals surface area contributed by atoms with Crippen LogP contribution in [-0.2, 0) is 0 Å². The molecule has 0 radical (unpaired) electrons. The molecule has 0 fully saturated rings. The molecule has 0 aliphatic carbocycles. The lowest BCUT2D eigenvalue weighted by Gasteiger charge is -2.27. The molecule has 1 aliphatic rings. The van der Waals surface area contributed by atoms with Crippen molar-refractivity contribution in [2.24, 2.45) is 0 Å². The maximum absolute atomic E-state index is 11.7. The zero-order valence-electron chi connectivity index (χ0n) is 18.3. The Morgan fingerprint density at radius 1 is 0.529 bits per heavy atom. The number of rotatable bonds is 3. The predicted molar refractivity (Wildman–Crippen MR) is 138 cm³/mol. The highest BCUT2D eigenvalue weighted by Crippen LogP contribution is 2.51. The van der Waals surface area contributed by atoms with E-state index in [4.69, 9.17) is 0 Å². The molecule has 0 spiro atoms. The number of para-hydroxylation sites is 3. The highest BCUT2D eigenvalue weighted by atomic mass is 16.6. The maximum Gasteiger partial charge on any atom is 0.277 e. The van der Waals surface area contributed by atoms with Gasteiger partial charge < -0.3 is 4.90 Å². The molecule has 162 valence electrons. The fourth-order valence-corrected chi connectivity index (χ4v) is 4.82. The molecule has 0 atom stereocenters. The average molecular weight is 441 g/mol. The molecule has 1 heterocycles. The number of nitro groups is 1. The van der Waals surface area contributed by atoms with Gasteiger partial charge in [-0.05, 0) is 47.0 Å². The summed E-state index contributed by atoms with van der Waals surface area (Å²) in [5.41, 5.74) is 9.13. The molecule has 1 aliphatic heterocycles. The molecule has 0 amide bonds. The summed E-state index contributed by atoms with van der Waals surface area (Å²) >= 11 is 0. The molecule has 0 unspecified atom stereocenters. The van der Waals surface area contributed by atoms with Crippen LogP contribution in [0.3, 0.4) is 0 Å². The first kappa shape index (κ1) is 19.9. The van der Waals surface area contributed by atoms with Gasteiger partial charge in [-0.15, -0.1) is 0 Å². The van der Waals surface area contributed by atoms with Gasteiger partial charge in [-0.2, -0.15) is 0 Å². The summed E-state index contributed by atoms with van der Waals surface area (Å²) in [5, 5.41) is 11.7. The van der Waals surface area contributed by atoms with Gasteiger partial charge >= 0.3 is 0 Å². The summed E-state index contributed by atoms with van der Waals surface area (Å²) < 4.78 is 0. The number of hydrogen-bond donors (Lipinski definition) is 0. The van der Waals surface area contributed by atoms with E-state index >= 15 is 0 Å². The number of anilines is 3. The van der Waals surface area contributed by atoms with Crippen molar-refractivity contribution < 1.29 is 4.92 Å². The van der Waals surface area contributed by atoms with E-state index in [9.17, 15) is 10.1 Å². The Morgan fingerprint density at radius 2 is 1.09 bits per heavy atom. The Hall–Kier alpha value is -4.70. The Morgan fingerprint density at radius 3 is 1.79 bits per heavy atom. The Bertz CT molecular complexity index is 1540. The second kappa shape index (κ2) is 8.01. The summed E-state index contributed by atoms with van der Waals surface area (Å²) in [6, 6.07) is 40.1. The van der Waals surface area contributed by atoms with Crippen LogP contribution >= 0.6 is 0 Å². The molecule has 6 rings (SSSR count). The molecule has 0 saturated heterocycles. The monoisotopic (exact) mass is 440 g/mol. The van der Waals surface area contributed by atoms with Gasteiger partial charge in [-0.25, -0.2) is 0 Å². The van der Waals surface area contributed by atoms with Gasteiger partial charge in [0.25, 0.3) is 5.69 Å². The SMILES string of the molecule is O=[N+]([O-])c1ccccc1-c1ccc2c(c1)N(c1ccccc1)c1ccccc1-c1ccccc1-2. The third-order valence-electron chi connectivity index (χ3n) is 6.32. The van der Waals surface area contributed by atoms with Crippen molar-refractivity contribution in [3.05, 3.63) is 131 Å². The maximum atomic E-state index is 11.7. The van der Waals surface area contributed by atoms with E-state index in [0.717, 1.165) is 44.9 Å². The third kappa shape index (κ3) is 3.16. The van der Waals surface area contributed by atoms with E-state index in [1.54, 1.807) is 12.1 Å². The second-order valence-corrected chi connectivity index (χ2v) is 8.24. The smallest absolute Gasteiger partial charge is 0.277 e. The van der Waals surface area contributed by atoms with Crippen molar-refractivity contribution in [1.29, 1.82) is 0 Å². The number of nitro benzene ring substituents is 1. The Balaban J connectivity index is 1.70. The van der Waals surface area contributed by atoms with Crippen LogP contribution in [0.4, 0.5) is 22.7 Å². The molecule has 0 bridgehead atoms. The van der Waals surface area contributed by atoms with Crippen molar-refractivity contribution in [3.63, 3.8) is 0 Å². The Labute approximate surface area is 197 Å². The molecular weight excluding hydrogens is 420 g/mol. The van der Waals surface area contributed by atoms with Crippen LogP contribution in [-0.4, -0.2) is 4.92 Å². The van der Waals surface area contributed by atoms with Crippen LogP contribution in [0.2, 0.25) is 0 Å². The van der Waals surface area contributed by atoms with E-state index in [0.29, 0.717) is 5.56 Å². The minimum absolute atomic E-state index is 0.100. The van der Waals surface area contributed by atoms with Crippen molar-refractivity contribution in [2.75, 3.05) is 4.90 Å². The summed E-state index contributed by atoms with van der Waals surface area (Å²) in [6.45, 7) is 0. The molecule has 34 heavy (non-hydrogen) atoms. The zero-order valence-corrected chi connectivity index (χ0v) is 18.3. The summed E-state index contributed by atoms with van der Waals surface area (Å²) in [6.07, 6.45) is 0. The summed E-state index contributed by atoms with van der Waals surface area (Å²) in [5.74, 6) is 0. The predicted octanol–water partition coefficient (Wildman–Crippen LogP) is 8.38. The van der Waals surface area contributed by atoms with E-state index in [1.807, 2.05) is 42.5 Å². The lowest BCUT2D eigenvalue weighted by atomic mass is 9.93. The van der Waals surface area contributed by atoms with Crippen LogP contribution in [0, 0.1) is 10.1 Å². The van der Waals surface area contributed by atoms with Gasteiger partial charge in [0.1, 0.15) is 0 Å². The van der Waals surface area contributed by atoms with Crippen LogP contribution in [0.5, 0.6) is 0 Å². The molecule has 0 aromatic heterocycles. The molecule has 0 N–H and O–H groups in total. The molecule has 5 aromatic carbocycles. The first-order valence-corrected chi connectivity index (χ1v) is 11.1. The van der Waals surface area contributed by atoms with Gasteiger partial charge in [-0.3, -0.25) is 10.1 Å². The Kier molecular flexibility index (Phi) is 4.70. The zero-order chi connectivity index (χ0) is 23.1. The summed E-state index contributed by atoms with van der Waals surface area (Å²) in [4.78, 5) is 13.7. The highest BCUT2D eigenvalue weighted by molar-refractivity contribution is 6.03. The first-order chi connectivity index (χ1) is 16.7. The van der Waals surface area contributed by atoms with Crippen LogP contribution in [0.25, 0.3) is 33.4 Å². The lowest BCUT2D eigenvalue weighted by Crippen LogP contribution is -2.11. The van der Waals surface area contributed by atoms with Gasteiger partial charge in [0, 0.05) is 22.9 Å². The standard InChI is InChI=1S/C30H20N2O2/c33-32(34)29-17-9-6-12-23(29)21-18-19-27-25-14-5-4-13-24(25)26-15-7-8-16-28(26)31(30(27)20-21)22-10-2-1-3-11-22/h1-20H. The number of fused-ring (bicyclic) bond motifs is 5. The van der Waals surface area contributed by atoms with Gasteiger partial charge in [0.2, 0.25) is 0 Å². The highest BCUT2D eigenvalue weighted by Gasteiger charge is 2.26. The molecular formula is C30H20N2O2. The van der Waals surface area contributed by atoms with Gasteiger partial charge in [-0.1, -0.05) is 84.9 Å². The largest absolute Gasteiger partial charge is 0.309 e. The van der Waals surface area contributed by atoms with Crippen molar-refractivity contribution in [2.45, 2.75) is 0 Å². The number of nitrogens with zero attached hydrogens (tertiary/aromatic N) is 2. The second-order valence-electron chi connectivity index (χ2n) is 8.24. The van der Waals surface area contributed by atoms with Crippen molar-refractivity contribution >= 4 is 22.7 Å². The summed E-state index contributed by atoms with van der Waals surface area (Å²) in [7, 11) is 0.